The van der Waals surface area contributed by atoms with E-state index in [2.05, 4.69) is 21.6 Å². The summed E-state index contributed by atoms with van der Waals surface area (Å²) in [7, 11) is 0. The van der Waals surface area contributed by atoms with E-state index in [1.807, 2.05) is 24.0 Å². The highest BCUT2D eigenvalue weighted by Crippen LogP contribution is 2.19. The minimum atomic E-state index is -0.346. The number of aliphatic hydroxyl groups excluding tert-OH is 1. The van der Waals surface area contributed by atoms with E-state index in [1.165, 1.54) is 12.1 Å². The maximum Gasteiger partial charge on any atom is 0.239 e. The van der Waals surface area contributed by atoms with Crippen LogP contribution in [0.4, 0.5) is 10.1 Å². The molecular formula is C21H33FN4O2. The minimum absolute atomic E-state index is 0.133. The first-order valence-corrected chi connectivity index (χ1v) is 10.3. The van der Waals surface area contributed by atoms with Gasteiger partial charge in [-0.05, 0) is 45.0 Å². The van der Waals surface area contributed by atoms with Crippen molar-refractivity contribution >= 4 is 11.6 Å². The molecule has 1 aromatic carbocycles. The summed E-state index contributed by atoms with van der Waals surface area (Å²) in [5.41, 5.74) is 1.03. The maximum atomic E-state index is 13.1. The zero-order chi connectivity index (χ0) is 20.3. The number of rotatable bonds is 5. The molecule has 2 aliphatic rings. The van der Waals surface area contributed by atoms with Crippen molar-refractivity contribution in [2.24, 2.45) is 0 Å². The normalized spacial score (nSPS) is 24.2. The zero-order valence-electron chi connectivity index (χ0n) is 17.2. The highest BCUT2D eigenvalue weighted by molar-refractivity contribution is 5.81. The number of anilines is 1. The molecule has 0 aliphatic carbocycles. The fraction of sp³-hybridized carbons (Fsp3) is 0.667. The minimum Gasteiger partial charge on any atom is -0.392 e. The Labute approximate surface area is 167 Å². The van der Waals surface area contributed by atoms with Crippen LogP contribution in [0.3, 0.4) is 0 Å². The molecule has 1 N–H and O–H groups in total. The Morgan fingerprint density at radius 2 is 1.75 bits per heavy atom. The number of β-amino-alcohol motifs (C(OH)–C–C–N with tert-alkyl or cyclic N) is 1. The lowest BCUT2D eigenvalue weighted by atomic mass is 10.1. The third-order valence-electron chi connectivity index (χ3n) is 5.99. The Hall–Kier alpha value is -1.70. The van der Waals surface area contributed by atoms with Gasteiger partial charge in [0.1, 0.15) is 5.82 Å². The Morgan fingerprint density at radius 3 is 2.32 bits per heavy atom. The van der Waals surface area contributed by atoms with Gasteiger partial charge in [-0.3, -0.25) is 14.6 Å². The largest absolute Gasteiger partial charge is 0.392 e. The highest BCUT2D eigenvalue weighted by Gasteiger charge is 2.32. The average Bonchev–Trinajstić information content (AvgIpc) is 2.69. The van der Waals surface area contributed by atoms with Crippen LogP contribution in [0.5, 0.6) is 0 Å². The van der Waals surface area contributed by atoms with Crippen LogP contribution in [0.2, 0.25) is 0 Å². The van der Waals surface area contributed by atoms with Crippen molar-refractivity contribution in [3.05, 3.63) is 30.1 Å². The molecule has 2 heterocycles. The van der Waals surface area contributed by atoms with Gasteiger partial charge >= 0.3 is 0 Å². The average molecular weight is 393 g/mol. The van der Waals surface area contributed by atoms with Gasteiger partial charge in [0, 0.05) is 64.1 Å². The Morgan fingerprint density at radius 1 is 1.11 bits per heavy atom. The summed E-state index contributed by atoms with van der Waals surface area (Å²) < 4.78 is 13.1. The quantitative estimate of drug-likeness (QED) is 0.817. The van der Waals surface area contributed by atoms with Crippen LogP contribution in [0, 0.1) is 5.82 Å². The first-order valence-electron chi connectivity index (χ1n) is 10.3. The number of benzene rings is 1. The third kappa shape index (κ3) is 5.01. The zero-order valence-corrected chi connectivity index (χ0v) is 17.2. The standard InChI is InChI=1S/C21H33FN4O2/c1-16-14-26(13-12-25(16)15-17(2)27)21(28)18(3)23-8-10-24(11-9-23)20-6-4-19(22)5-7-20/h4-7,16-18,27H,8-15H2,1-3H3/t16-,17+,18+/m1/s1. The summed E-state index contributed by atoms with van der Waals surface area (Å²) in [6.07, 6.45) is -0.346. The molecule has 2 aliphatic heterocycles. The van der Waals surface area contributed by atoms with Crippen molar-refractivity contribution in [1.29, 1.82) is 0 Å². The number of carbonyl (C=O) groups is 1. The number of nitrogens with zero attached hydrogens (tertiary/aromatic N) is 4. The molecule has 1 aromatic rings. The number of aliphatic hydroxyl groups is 1. The monoisotopic (exact) mass is 392 g/mol. The van der Waals surface area contributed by atoms with E-state index < -0.39 is 0 Å². The number of carbonyl (C=O) groups excluding carboxylic acids is 1. The fourth-order valence-electron chi connectivity index (χ4n) is 4.25. The summed E-state index contributed by atoms with van der Waals surface area (Å²) in [5.74, 6) is -0.0249. The van der Waals surface area contributed by atoms with Crippen LogP contribution in [0.1, 0.15) is 20.8 Å². The molecule has 3 atom stereocenters. The van der Waals surface area contributed by atoms with Crippen LogP contribution < -0.4 is 4.90 Å². The van der Waals surface area contributed by atoms with E-state index in [0.29, 0.717) is 13.1 Å². The second-order valence-electron chi connectivity index (χ2n) is 8.15. The molecule has 0 spiro atoms. The van der Waals surface area contributed by atoms with E-state index in [1.54, 1.807) is 6.92 Å². The Kier molecular flexibility index (Phi) is 6.91. The van der Waals surface area contributed by atoms with E-state index in [-0.39, 0.29) is 29.9 Å². The molecule has 0 saturated carbocycles. The molecule has 0 bridgehead atoms. The van der Waals surface area contributed by atoms with Gasteiger partial charge in [-0.2, -0.15) is 0 Å². The molecule has 0 radical (unpaired) electrons. The highest BCUT2D eigenvalue weighted by atomic mass is 19.1. The molecule has 2 saturated heterocycles. The van der Waals surface area contributed by atoms with E-state index in [9.17, 15) is 14.3 Å². The summed E-state index contributed by atoms with van der Waals surface area (Å²) in [6, 6.07) is 6.74. The van der Waals surface area contributed by atoms with Gasteiger partial charge in [-0.25, -0.2) is 4.39 Å². The summed E-state index contributed by atoms with van der Waals surface area (Å²) in [4.78, 5) is 21.7. The third-order valence-corrected chi connectivity index (χ3v) is 5.99. The number of halogens is 1. The van der Waals surface area contributed by atoms with Gasteiger partial charge in [0.25, 0.3) is 0 Å². The molecule has 7 heteroatoms. The van der Waals surface area contributed by atoms with Gasteiger partial charge in [-0.1, -0.05) is 0 Å². The summed E-state index contributed by atoms with van der Waals surface area (Å²) >= 11 is 0. The van der Waals surface area contributed by atoms with Crippen molar-refractivity contribution in [3.63, 3.8) is 0 Å². The molecule has 1 amide bonds. The van der Waals surface area contributed by atoms with Crippen LogP contribution in [-0.2, 0) is 4.79 Å². The van der Waals surface area contributed by atoms with Gasteiger partial charge in [-0.15, -0.1) is 0 Å². The van der Waals surface area contributed by atoms with Crippen molar-refractivity contribution < 1.29 is 14.3 Å². The van der Waals surface area contributed by atoms with Gasteiger partial charge < -0.3 is 14.9 Å². The molecule has 28 heavy (non-hydrogen) atoms. The lowest BCUT2D eigenvalue weighted by molar-refractivity contribution is -0.139. The lowest BCUT2D eigenvalue weighted by Crippen LogP contribution is -2.59. The first kappa shape index (κ1) is 21.0. The second kappa shape index (κ2) is 9.20. The van der Waals surface area contributed by atoms with Crippen LogP contribution in [0.15, 0.2) is 24.3 Å². The Balaban J connectivity index is 1.50. The van der Waals surface area contributed by atoms with Crippen LogP contribution in [0.25, 0.3) is 0 Å². The van der Waals surface area contributed by atoms with Crippen molar-refractivity contribution in [2.45, 2.75) is 39.0 Å². The molecule has 3 rings (SSSR count). The van der Waals surface area contributed by atoms with Crippen LogP contribution in [-0.4, -0.2) is 96.3 Å². The van der Waals surface area contributed by atoms with Gasteiger partial charge in [0.15, 0.2) is 0 Å². The summed E-state index contributed by atoms with van der Waals surface area (Å²) in [6.45, 7) is 12.1. The van der Waals surface area contributed by atoms with Crippen molar-refractivity contribution in [1.82, 2.24) is 14.7 Å². The Bertz CT molecular complexity index is 646. The van der Waals surface area contributed by atoms with Crippen LogP contribution >= 0.6 is 0 Å². The van der Waals surface area contributed by atoms with E-state index in [0.717, 1.165) is 45.0 Å². The number of piperazine rings is 2. The topological polar surface area (TPSA) is 50.3 Å². The molecule has 2 fully saturated rings. The number of hydrogen-bond donors (Lipinski definition) is 1. The number of hydrogen-bond acceptors (Lipinski definition) is 5. The molecular weight excluding hydrogens is 359 g/mol. The predicted molar refractivity (Wildman–Crippen MR) is 109 cm³/mol. The second-order valence-corrected chi connectivity index (χ2v) is 8.15. The fourth-order valence-corrected chi connectivity index (χ4v) is 4.25. The molecule has 156 valence electrons. The van der Waals surface area contributed by atoms with Crippen molar-refractivity contribution in [3.8, 4) is 0 Å². The molecule has 0 aromatic heterocycles. The molecule has 6 nitrogen and oxygen atoms in total. The predicted octanol–water partition coefficient (Wildman–Crippen LogP) is 1.25. The van der Waals surface area contributed by atoms with Gasteiger partial charge in [0.05, 0.1) is 12.1 Å². The number of amides is 1. The molecule has 0 unspecified atom stereocenters. The maximum absolute atomic E-state index is 13.1. The van der Waals surface area contributed by atoms with E-state index >= 15 is 0 Å². The first-order chi connectivity index (χ1) is 13.3. The van der Waals surface area contributed by atoms with Gasteiger partial charge in [0.2, 0.25) is 5.91 Å². The summed E-state index contributed by atoms with van der Waals surface area (Å²) in [5, 5.41) is 9.62. The SMILES string of the molecule is C[C@H](O)CN1CCN(C(=O)[C@H](C)N2CCN(c3ccc(F)cc3)CC2)C[C@H]1C. The smallest absolute Gasteiger partial charge is 0.239 e. The van der Waals surface area contributed by atoms with Crippen molar-refractivity contribution in [2.75, 3.05) is 57.3 Å². The van der Waals surface area contributed by atoms with E-state index in [4.69, 9.17) is 0 Å². The lowest BCUT2D eigenvalue weighted by Gasteiger charge is -2.43.